The van der Waals surface area contributed by atoms with E-state index in [2.05, 4.69) is 230 Å². The first-order valence-corrected chi connectivity index (χ1v) is 22.5. The Bertz CT molecular complexity index is 3210. The van der Waals surface area contributed by atoms with E-state index in [4.69, 9.17) is 0 Å². The molecule has 0 fully saturated rings. The van der Waals surface area contributed by atoms with Crippen molar-refractivity contribution in [2.75, 3.05) is 4.90 Å². The van der Waals surface area contributed by atoms with Crippen LogP contribution in [0.2, 0.25) is 0 Å². The molecule has 0 unspecified atom stereocenters. The average Bonchev–Trinajstić information content (AvgIpc) is 3.76. The highest BCUT2D eigenvalue weighted by Gasteiger charge is 2.36. The maximum atomic E-state index is 2.54. The van der Waals surface area contributed by atoms with Crippen LogP contribution < -0.4 is 4.90 Å². The van der Waals surface area contributed by atoms with E-state index in [1.165, 1.54) is 85.9 Å². The number of anilines is 3. The molecule has 4 heteroatoms. The second-order valence-electron chi connectivity index (χ2n) is 16.5. The summed E-state index contributed by atoms with van der Waals surface area (Å²) in [7, 11) is 0. The Balaban J connectivity index is 1.03. The summed E-state index contributed by atoms with van der Waals surface area (Å²) in [6.45, 7) is 4.76. The molecule has 0 bridgehead atoms. The molecule has 0 amide bonds. The third-order valence-electron chi connectivity index (χ3n) is 12.7. The highest BCUT2D eigenvalue weighted by Crippen LogP contribution is 2.55. The molecule has 0 radical (unpaired) electrons. The first-order valence-electron chi connectivity index (χ1n) is 20.9. The quantitative estimate of drug-likeness (QED) is 0.165. The summed E-state index contributed by atoms with van der Waals surface area (Å²) in [4.78, 5) is 7.62. The van der Waals surface area contributed by atoms with Gasteiger partial charge in [-0.05, 0) is 123 Å². The fourth-order valence-electron chi connectivity index (χ4n) is 9.61. The minimum Gasteiger partial charge on any atom is -0.311 e. The van der Waals surface area contributed by atoms with Crippen LogP contribution >= 0.6 is 23.5 Å². The fraction of sp³-hybridized carbons (Fsp3) is 0.0526. The Hall–Kier alpha value is -6.72. The van der Waals surface area contributed by atoms with Gasteiger partial charge in [0.1, 0.15) is 0 Å². The van der Waals surface area contributed by atoms with Gasteiger partial charge in [0.15, 0.2) is 0 Å². The summed E-state index contributed by atoms with van der Waals surface area (Å²) in [6.07, 6.45) is 0. The number of hydrogen-bond donors (Lipinski definition) is 0. The molecule has 2 aliphatic rings. The van der Waals surface area contributed by atoms with Gasteiger partial charge < -0.3 is 9.47 Å². The number of benzene rings is 9. The highest BCUT2D eigenvalue weighted by atomic mass is 32.2. The van der Waals surface area contributed by atoms with Gasteiger partial charge in [-0.3, -0.25) is 0 Å². The third-order valence-corrected chi connectivity index (χ3v) is 15.3. The molecule has 0 atom stereocenters. The van der Waals surface area contributed by atoms with E-state index in [9.17, 15) is 0 Å². The van der Waals surface area contributed by atoms with Gasteiger partial charge in [0.05, 0.1) is 15.9 Å². The van der Waals surface area contributed by atoms with Gasteiger partial charge >= 0.3 is 0 Å². The first kappa shape index (κ1) is 36.2. The number of hydrogen-bond acceptors (Lipinski definition) is 3. The van der Waals surface area contributed by atoms with E-state index in [0.29, 0.717) is 0 Å². The Kier molecular flexibility index (Phi) is 8.42. The SMILES string of the molecule is CC1(C)c2ccccc2-c2cc3c(cc21)c1ccc2c(c1n3-c1ccc(N(c3ccc(-c4ccccc4)cc3)c3ccc(-c4ccccc4)cc3)cc1)Sc1ccccc1S2. The van der Waals surface area contributed by atoms with Gasteiger partial charge in [0.25, 0.3) is 0 Å². The standard InChI is InChI=1S/C57H40N2S2/c1-57(2)49-18-10-9-17-45(49)47-36-51-48(35-50(47)57)46-33-34-54-56(61-53-20-12-11-19-52(53)60-54)55(46)59(51)44-31-29-43(30-32-44)58(41-25-21-39(22-26-41)37-13-5-3-6-14-37)42-27-23-40(24-28-42)38-15-7-4-8-16-38/h3-36H,1-2H3. The largest absolute Gasteiger partial charge is 0.311 e. The Morgan fingerprint density at radius 3 is 1.56 bits per heavy atom. The molecule has 1 aromatic heterocycles. The van der Waals surface area contributed by atoms with Gasteiger partial charge in [0, 0.05) is 53.6 Å². The normalized spacial score (nSPS) is 13.4. The number of nitrogens with zero attached hydrogens (tertiary/aromatic N) is 2. The maximum absolute atomic E-state index is 2.54. The van der Waals surface area contributed by atoms with Crippen molar-refractivity contribution < 1.29 is 0 Å². The van der Waals surface area contributed by atoms with Crippen molar-refractivity contribution in [2.45, 2.75) is 38.8 Å². The second-order valence-corrected chi connectivity index (χ2v) is 18.7. The Labute approximate surface area is 365 Å². The van der Waals surface area contributed by atoms with Gasteiger partial charge in [-0.2, -0.15) is 0 Å². The topological polar surface area (TPSA) is 8.17 Å². The van der Waals surface area contributed by atoms with Crippen LogP contribution in [-0.2, 0) is 5.41 Å². The lowest BCUT2D eigenvalue weighted by Gasteiger charge is -2.26. The Morgan fingerprint density at radius 1 is 0.410 bits per heavy atom. The highest BCUT2D eigenvalue weighted by molar-refractivity contribution is 8.05. The minimum atomic E-state index is -0.0873. The average molecular weight is 817 g/mol. The number of aromatic nitrogens is 1. The van der Waals surface area contributed by atoms with Gasteiger partial charge in [-0.25, -0.2) is 0 Å². The van der Waals surface area contributed by atoms with Gasteiger partial charge in [-0.15, -0.1) is 0 Å². The van der Waals surface area contributed by atoms with E-state index in [0.717, 1.165) is 22.7 Å². The van der Waals surface area contributed by atoms with E-state index in [1.807, 2.05) is 23.5 Å². The third kappa shape index (κ3) is 5.89. The summed E-state index contributed by atoms with van der Waals surface area (Å²) in [6, 6.07) is 75.8. The van der Waals surface area contributed by atoms with E-state index in [-0.39, 0.29) is 5.41 Å². The zero-order chi connectivity index (χ0) is 40.7. The molecule has 61 heavy (non-hydrogen) atoms. The van der Waals surface area contributed by atoms with Crippen LogP contribution in [0.25, 0.3) is 60.9 Å². The van der Waals surface area contributed by atoms with Crippen molar-refractivity contribution in [3.63, 3.8) is 0 Å². The number of rotatable bonds is 6. The molecular weight excluding hydrogens is 777 g/mol. The molecule has 2 heterocycles. The fourth-order valence-corrected chi connectivity index (χ4v) is 12.0. The van der Waals surface area contributed by atoms with Crippen LogP contribution in [0.5, 0.6) is 0 Å². The zero-order valence-corrected chi connectivity index (χ0v) is 35.5. The molecule has 9 aromatic carbocycles. The van der Waals surface area contributed by atoms with Crippen LogP contribution in [0.1, 0.15) is 25.0 Å². The van der Waals surface area contributed by atoms with Crippen molar-refractivity contribution in [3.8, 4) is 39.1 Å². The molecule has 1 aliphatic heterocycles. The molecule has 2 nitrogen and oxygen atoms in total. The molecule has 290 valence electrons. The lowest BCUT2D eigenvalue weighted by atomic mass is 9.82. The monoisotopic (exact) mass is 816 g/mol. The van der Waals surface area contributed by atoms with Crippen molar-refractivity contribution in [2.24, 2.45) is 0 Å². The predicted molar refractivity (Wildman–Crippen MR) is 259 cm³/mol. The minimum absolute atomic E-state index is 0.0873. The molecule has 0 N–H and O–H groups in total. The van der Waals surface area contributed by atoms with Crippen LogP contribution in [0, 0.1) is 0 Å². The van der Waals surface area contributed by atoms with E-state index < -0.39 is 0 Å². The molecule has 0 saturated heterocycles. The number of fused-ring (bicyclic) bond motifs is 9. The summed E-state index contributed by atoms with van der Waals surface area (Å²) in [5.41, 5.74) is 17.2. The summed E-state index contributed by atoms with van der Waals surface area (Å²) in [5, 5.41) is 2.59. The summed E-state index contributed by atoms with van der Waals surface area (Å²) in [5.74, 6) is 0. The smallest absolute Gasteiger partial charge is 0.0692 e. The molecule has 12 rings (SSSR count). The van der Waals surface area contributed by atoms with Gasteiger partial charge in [-0.1, -0.05) is 165 Å². The van der Waals surface area contributed by atoms with Gasteiger partial charge in [0.2, 0.25) is 0 Å². The molecule has 1 aliphatic carbocycles. The first-order chi connectivity index (χ1) is 30.0. The van der Waals surface area contributed by atoms with Crippen molar-refractivity contribution in [1.82, 2.24) is 4.57 Å². The van der Waals surface area contributed by atoms with Crippen LogP contribution in [0.15, 0.2) is 226 Å². The van der Waals surface area contributed by atoms with Crippen LogP contribution in [0.3, 0.4) is 0 Å². The van der Waals surface area contributed by atoms with Crippen molar-refractivity contribution >= 4 is 62.4 Å². The molecule has 0 spiro atoms. The summed E-state index contributed by atoms with van der Waals surface area (Å²) < 4.78 is 2.54. The molecule has 10 aromatic rings. The maximum Gasteiger partial charge on any atom is 0.0692 e. The Morgan fingerprint density at radius 2 is 0.934 bits per heavy atom. The molecule has 0 saturated carbocycles. The summed E-state index contributed by atoms with van der Waals surface area (Å²) >= 11 is 3.79. The van der Waals surface area contributed by atoms with Crippen molar-refractivity contribution in [3.05, 3.63) is 217 Å². The predicted octanol–water partition coefficient (Wildman–Crippen LogP) is 16.5. The van der Waals surface area contributed by atoms with Crippen LogP contribution in [0.4, 0.5) is 17.1 Å². The molecular formula is C57H40N2S2. The zero-order valence-electron chi connectivity index (χ0n) is 33.8. The second kappa shape index (κ2) is 14.2. The van der Waals surface area contributed by atoms with Crippen molar-refractivity contribution in [1.29, 1.82) is 0 Å². The van der Waals surface area contributed by atoms with E-state index in [1.54, 1.807) is 0 Å². The lowest BCUT2D eigenvalue weighted by Crippen LogP contribution is -2.14. The van der Waals surface area contributed by atoms with Crippen LogP contribution in [-0.4, -0.2) is 4.57 Å². The van der Waals surface area contributed by atoms with E-state index >= 15 is 0 Å². The lowest BCUT2D eigenvalue weighted by molar-refractivity contribution is 0.661.